The number of anilines is 1. The first-order chi connectivity index (χ1) is 13.5. The van der Waals surface area contributed by atoms with Gasteiger partial charge in [0.2, 0.25) is 0 Å². The predicted octanol–water partition coefficient (Wildman–Crippen LogP) is 3.23. The summed E-state index contributed by atoms with van der Waals surface area (Å²) in [4.78, 5) is 16.0. The fourth-order valence-electron chi connectivity index (χ4n) is 4.48. The number of morpholine rings is 1. The van der Waals surface area contributed by atoms with Crippen LogP contribution in [0.5, 0.6) is 0 Å². The van der Waals surface area contributed by atoms with Crippen molar-refractivity contribution in [1.29, 1.82) is 0 Å². The standard InChI is InChI=1S/C22H27N5O/c1-14-13-28-12-11-27(14)21-17-8-10-24-22(2,3)19(17)25-20(26-21)16-5-4-6-18-15(16)7-9-23-18/h4-7,9,14,23-24H,8,10-13H2,1-3H3. The number of H-pyrrole nitrogens is 1. The highest BCUT2D eigenvalue weighted by Crippen LogP contribution is 2.36. The van der Waals surface area contributed by atoms with Gasteiger partial charge in [0.05, 0.1) is 30.5 Å². The van der Waals surface area contributed by atoms with E-state index in [4.69, 9.17) is 14.7 Å². The van der Waals surface area contributed by atoms with E-state index in [1.807, 2.05) is 6.20 Å². The minimum Gasteiger partial charge on any atom is -0.377 e. The second-order valence-electron chi connectivity index (χ2n) is 8.36. The zero-order valence-electron chi connectivity index (χ0n) is 16.7. The molecule has 6 nitrogen and oxygen atoms in total. The molecule has 146 valence electrons. The van der Waals surface area contributed by atoms with Gasteiger partial charge in [0.15, 0.2) is 5.82 Å². The van der Waals surface area contributed by atoms with Crippen molar-refractivity contribution in [2.75, 3.05) is 31.2 Å². The molecule has 28 heavy (non-hydrogen) atoms. The number of benzene rings is 1. The van der Waals surface area contributed by atoms with Crippen LogP contribution < -0.4 is 10.2 Å². The number of nitrogens with one attached hydrogen (secondary N) is 2. The summed E-state index contributed by atoms with van der Waals surface area (Å²) in [5, 5.41) is 4.78. The lowest BCUT2D eigenvalue weighted by molar-refractivity contribution is 0.0983. The summed E-state index contributed by atoms with van der Waals surface area (Å²) < 4.78 is 5.68. The van der Waals surface area contributed by atoms with E-state index < -0.39 is 0 Å². The molecule has 0 spiro atoms. The molecule has 4 heterocycles. The van der Waals surface area contributed by atoms with Gasteiger partial charge < -0.3 is 19.9 Å². The second-order valence-corrected chi connectivity index (χ2v) is 8.36. The summed E-state index contributed by atoms with van der Waals surface area (Å²) >= 11 is 0. The summed E-state index contributed by atoms with van der Waals surface area (Å²) in [7, 11) is 0. The molecule has 1 aromatic carbocycles. The van der Waals surface area contributed by atoms with Crippen molar-refractivity contribution in [2.45, 2.75) is 38.8 Å². The Kier molecular flexibility index (Phi) is 4.14. The maximum atomic E-state index is 5.68. The molecule has 3 aromatic rings. The van der Waals surface area contributed by atoms with Gasteiger partial charge in [-0.1, -0.05) is 12.1 Å². The molecule has 1 atom stereocenters. The highest BCUT2D eigenvalue weighted by atomic mass is 16.5. The van der Waals surface area contributed by atoms with E-state index in [9.17, 15) is 0 Å². The molecule has 0 amide bonds. The van der Waals surface area contributed by atoms with Crippen molar-refractivity contribution >= 4 is 16.7 Å². The lowest BCUT2D eigenvalue weighted by Crippen LogP contribution is -2.48. The monoisotopic (exact) mass is 377 g/mol. The normalized spacial score (nSPS) is 21.7. The van der Waals surface area contributed by atoms with Crippen LogP contribution in [0.1, 0.15) is 32.0 Å². The van der Waals surface area contributed by atoms with Crippen molar-refractivity contribution < 1.29 is 4.74 Å². The van der Waals surface area contributed by atoms with E-state index in [0.29, 0.717) is 6.04 Å². The van der Waals surface area contributed by atoms with E-state index in [0.717, 1.165) is 66.5 Å². The minimum atomic E-state index is -0.179. The van der Waals surface area contributed by atoms with Crippen LogP contribution in [0.2, 0.25) is 0 Å². The molecule has 6 heteroatoms. The quantitative estimate of drug-likeness (QED) is 0.718. The molecule has 2 aliphatic heterocycles. The Morgan fingerprint density at radius 3 is 2.96 bits per heavy atom. The average Bonchev–Trinajstić information content (AvgIpc) is 3.17. The van der Waals surface area contributed by atoms with Gasteiger partial charge in [-0.05, 0) is 39.3 Å². The zero-order valence-corrected chi connectivity index (χ0v) is 16.7. The molecule has 2 aliphatic rings. The molecule has 2 aromatic heterocycles. The summed E-state index contributed by atoms with van der Waals surface area (Å²) in [5.74, 6) is 1.88. The Hall–Kier alpha value is -2.44. The van der Waals surface area contributed by atoms with Crippen LogP contribution in [0, 0.1) is 0 Å². The van der Waals surface area contributed by atoms with Gasteiger partial charge in [0.1, 0.15) is 5.82 Å². The maximum absolute atomic E-state index is 5.68. The molecular formula is C22H27N5O. The smallest absolute Gasteiger partial charge is 0.162 e. The Bertz CT molecular complexity index is 1020. The van der Waals surface area contributed by atoms with Crippen molar-refractivity contribution in [3.8, 4) is 11.4 Å². The first-order valence-electron chi connectivity index (χ1n) is 10.1. The largest absolute Gasteiger partial charge is 0.377 e. The van der Waals surface area contributed by atoms with E-state index in [-0.39, 0.29) is 5.54 Å². The number of aromatic nitrogens is 3. The first-order valence-corrected chi connectivity index (χ1v) is 10.1. The van der Waals surface area contributed by atoms with Gasteiger partial charge in [0.25, 0.3) is 0 Å². The molecule has 2 N–H and O–H groups in total. The van der Waals surface area contributed by atoms with Crippen molar-refractivity contribution in [3.63, 3.8) is 0 Å². The van der Waals surface area contributed by atoms with Gasteiger partial charge in [0, 0.05) is 41.3 Å². The van der Waals surface area contributed by atoms with E-state index >= 15 is 0 Å². The number of rotatable bonds is 2. The Balaban J connectivity index is 1.75. The zero-order chi connectivity index (χ0) is 19.3. The number of hydrogen-bond acceptors (Lipinski definition) is 5. The van der Waals surface area contributed by atoms with Gasteiger partial charge in [-0.25, -0.2) is 9.97 Å². The molecule has 5 rings (SSSR count). The highest BCUT2D eigenvalue weighted by Gasteiger charge is 2.34. The summed E-state index contributed by atoms with van der Waals surface area (Å²) in [5.41, 5.74) is 4.40. The van der Waals surface area contributed by atoms with Gasteiger partial charge in [-0.15, -0.1) is 0 Å². The van der Waals surface area contributed by atoms with Crippen molar-refractivity contribution in [1.82, 2.24) is 20.3 Å². The van der Waals surface area contributed by atoms with Crippen LogP contribution in [0.4, 0.5) is 5.82 Å². The first kappa shape index (κ1) is 17.6. The summed E-state index contributed by atoms with van der Waals surface area (Å²) in [6, 6.07) is 8.69. The highest BCUT2D eigenvalue weighted by molar-refractivity contribution is 5.93. The van der Waals surface area contributed by atoms with E-state index in [2.05, 4.69) is 60.2 Å². The summed E-state index contributed by atoms with van der Waals surface area (Å²) in [6.45, 7) is 9.94. The molecule has 1 fully saturated rings. The second kappa shape index (κ2) is 6.57. The Morgan fingerprint density at radius 2 is 2.11 bits per heavy atom. The Morgan fingerprint density at radius 1 is 1.21 bits per heavy atom. The number of hydrogen-bond donors (Lipinski definition) is 2. The third kappa shape index (κ3) is 2.79. The third-order valence-electron chi connectivity index (χ3n) is 5.99. The SMILES string of the molecule is CC1COCCN1c1nc(-c2cccc3[nH]ccc23)nc2c1CCNC2(C)C. The fraction of sp³-hybridized carbons (Fsp3) is 0.455. The van der Waals surface area contributed by atoms with Crippen molar-refractivity contribution in [3.05, 3.63) is 41.7 Å². The molecule has 1 saturated heterocycles. The summed E-state index contributed by atoms with van der Waals surface area (Å²) in [6.07, 6.45) is 2.93. The number of aromatic amines is 1. The van der Waals surface area contributed by atoms with Crippen LogP contribution in [0.25, 0.3) is 22.3 Å². The molecule has 0 saturated carbocycles. The van der Waals surface area contributed by atoms with Gasteiger partial charge in [-0.2, -0.15) is 0 Å². The lowest BCUT2D eigenvalue weighted by Gasteiger charge is -2.39. The topological polar surface area (TPSA) is 66.1 Å². The lowest BCUT2D eigenvalue weighted by atomic mass is 9.89. The predicted molar refractivity (Wildman–Crippen MR) is 112 cm³/mol. The number of nitrogens with zero attached hydrogens (tertiary/aromatic N) is 3. The molecule has 0 bridgehead atoms. The number of fused-ring (bicyclic) bond motifs is 2. The van der Waals surface area contributed by atoms with Gasteiger partial charge >= 0.3 is 0 Å². The molecule has 0 aliphatic carbocycles. The molecule has 1 unspecified atom stereocenters. The average molecular weight is 377 g/mol. The van der Waals surface area contributed by atoms with Crippen LogP contribution in [-0.2, 0) is 16.7 Å². The van der Waals surface area contributed by atoms with Crippen LogP contribution in [-0.4, -0.2) is 47.3 Å². The van der Waals surface area contributed by atoms with Crippen LogP contribution >= 0.6 is 0 Å². The Labute approximate surface area is 165 Å². The third-order valence-corrected chi connectivity index (χ3v) is 5.99. The molecular weight excluding hydrogens is 350 g/mol. The maximum Gasteiger partial charge on any atom is 0.162 e. The van der Waals surface area contributed by atoms with Crippen LogP contribution in [0.15, 0.2) is 30.5 Å². The van der Waals surface area contributed by atoms with Gasteiger partial charge in [-0.3, -0.25) is 0 Å². The minimum absolute atomic E-state index is 0.179. The fourth-order valence-corrected chi connectivity index (χ4v) is 4.48. The van der Waals surface area contributed by atoms with Crippen molar-refractivity contribution in [2.24, 2.45) is 0 Å². The van der Waals surface area contributed by atoms with E-state index in [1.165, 1.54) is 5.56 Å². The van der Waals surface area contributed by atoms with Crippen LogP contribution in [0.3, 0.4) is 0 Å². The number of ether oxygens (including phenoxy) is 1. The molecule has 0 radical (unpaired) electrons. The van der Waals surface area contributed by atoms with E-state index in [1.54, 1.807) is 0 Å².